The van der Waals surface area contributed by atoms with Gasteiger partial charge in [0.05, 0.1) is 13.2 Å². The van der Waals surface area contributed by atoms with Gasteiger partial charge >= 0.3 is 0 Å². The number of benzene rings is 1. The summed E-state index contributed by atoms with van der Waals surface area (Å²) in [6.45, 7) is 0. The maximum absolute atomic E-state index is 11.8. The van der Waals surface area contributed by atoms with Crippen molar-refractivity contribution in [1.29, 1.82) is 0 Å². The minimum absolute atomic E-state index is 0.0178. The Morgan fingerprint density at radius 1 is 1.39 bits per heavy atom. The van der Waals surface area contributed by atoms with E-state index in [4.69, 9.17) is 9.47 Å². The maximum atomic E-state index is 11.8. The summed E-state index contributed by atoms with van der Waals surface area (Å²) in [4.78, 5) is 11.8. The molecule has 1 aromatic rings. The number of phenolic OH excluding ortho intramolecular Hbond substituents is 1. The lowest BCUT2D eigenvalue weighted by molar-refractivity contribution is -0.238. The number of ether oxygens (including phenoxy) is 2. The highest BCUT2D eigenvalue weighted by Gasteiger charge is 2.36. The van der Waals surface area contributed by atoms with Gasteiger partial charge in [0.1, 0.15) is 6.10 Å². The molecule has 2 rings (SSSR count). The Morgan fingerprint density at radius 2 is 2.13 bits per heavy atom. The van der Waals surface area contributed by atoms with Crippen molar-refractivity contribution in [3.05, 3.63) is 29.8 Å². The summed E-state index contributed by atoms with van der Waals surface area (Å²) in [5, 5.41) is 40.4. The molecule has 1 saturated heterocycles. The molecule has 4 unspecified atom stereocenters. The molecule has 1 heterocycles. The van der Waals surface area contributed by atoms with Crippen molar-refractivity contribution in [2.75, 3.05) is 7.11 Å². The fourth-order valence-corrected chi connectivity index (χ4v) is 2.13. The molecule has 1 aliphatic heterocycles. The predicted molar refractivity (Wildman–Crippen MR) is 79.3 cm³/mol. The van der Waals surface area contributed by atoms with E-state index in [9.17, 15) is 25.2 Å². The van der Waals surface area contributed by atoms with Gasteiger partial charge in [0, 0.05) is 12.5 Å². The molecule has 1 amide bonds. The third-order valence-corrected chi connectivity index (χ3v) is 3.37. The number of amides is 1. The fraction of sp³-hybridized carbons (Fsp3) is 0.400. The van der Waals surface area contributed by atoms with Gasteiger partial charge in [-0.05, 0) is 23.8 Å². The van der Waals surface area contributed by atoms with Crippen LogP contribution in [0, 0.1) is 0 Å². The van der Waals surface area contributed by atoms with Gasteiger partial charge < -0.3 is 35.2 Å². The van der Waals surface area contributed by atoms with Crippen LogP contribution in [0.5, 0.6) is 11.5 Å². The van der Waals surface area contributed by atoms with Crippen molar-refractivity contribution in [2.45, 2.75) is 31.1 Å². The number of carbonyl (C=O) groups excluding carboxylic acids is 1. The minimum Gasteiger partial charge on any atom is -0.504 e. The predicted octanol–water partition coefficient (Wildman–Crippen LogP) is -0.683. The highest BCUT2D eigenvalue weighted by atomic mass is 16.6. The van der Waals surface area contributed by atoms with Crippen molar-refractivity contribution < 1.29 is 34.7 Å². The van der Waals surface area contributed by atoms with E-state index >= 15 is 0 Å². The molecule has 23 heavy (non-hydrogen) atoms. The highest BCUT2D eigenvalue weighted by molar-refractivity contribution is 5.91. The molecular formula is C15H19NO7. The van der Waals surface area contributed by atoms with E-state index in [1.54, 1.807) is 12.1 Å². The third kappa shape index (κ3) is 4.42. The van der Waals surface area contributed by atoms with Crippen LogP contribution >= 0.6 is 0 Å². The van der Waals surface area contributed by atoms with Gasteiger partial charge in [-0.3, -0.25) is 4.79 Å². The van der Waals surface area contributed by atoms with Crippen LogP contribution in [0.3, 0.4) is 0 Å². The summed E-state index contributed by atoms with van der Waals surface area (Å²) in [6.07, 6.45) is -2.45. The SMILES string of the molecule is COc1cc(/C=C/C(=O)NC2OC(O)CC(O)C2O)ccc1O. The Balaban J connectivity index is 1.98. The number of aromatic hydroxyl groups is 1. The Morgan fingerprint density at radius 3 is 2.83 bits per heavy atom. The normalized spacial score (nSPS) is 27.8. The van der Waals surface area contributed by atoms with Crippen molar-refractivity contribution in [1.82, 2.24) is 5.32 Å². The second kappa shape index (κ2) is 7.42. The second-order valence-corrected chi connectivity index (χ2v) is 5.08. The first-order valence-electron chi connectivity index (χ1n) is 6.96. The van der Waals surface area contributed by atoms with Crippen LogP contribution in [0.4, 0.5) is 0 Å². The minimum atomic E-state index is -1.33. The van der Waals surface area contributed by atoms with Gasteiger partial charge in [-0.25, -0.2) is 0 Å². The number of rotatable bonds is 4. The van der Waals surface area contributed by atoms with E-state index in [2.05, 4.69) is 5.32 Å². The number of methoxy groups -OCH3 is 1. The number of aliphatic hydroxyl groups excluding tert-OH is 3. The number of hydrogen-bond acceptors (Lipinski definition) is 7. The molecular weight excluding hydrogens is 306 g/mol. The average Bonchev–Trinajstić information content (AvgIpc) is 2.51. The van der Waals surface area contributed by atoms with E-state index in [0.717, 1.165) is 0 Å². The molecule has 4 atom stereocenters. The van der Waals surface area contributed by atoms with Crippen LogP contribution in [-0.2, 0) is 9.53 Å². The van der Waals surface area contributed by atoms with Gasteiger partial charge in [-0.2, -0.15) is 0 Å². The van der Waals surface area contributed by atoms with E-state index in [-0.39, 0.29) is 17.9 Å². The Labute approximate surface area is 132 Å². The van der Waals surface area contributed by atoms with E-state index in [0.29, 0.717) is 5.56 Å². The zero-order valence-corrected chi connectivity index (χ0v) is 12.4. The molecule has 8 heteroatoms. The first kappa shape index (κ1) is 17.2. The molecule has 0 aromatic heterocycles. The highest BCUT2D eigenvalue weighted by Crippen LogP contribution is 2.26. The molecule has 0 bridgehead atoms. The molecule has 8 nitrogen and oxygen atoms in total. The van der Waals surface area contributed by atoms with Gasteiger partial charge in [-0.15, -0.1) is 0 Å². The molecule has 0 aliphatic carbocycles. The molecule has 0 spiro atoms. The quantitative estimate of drug-likeness (QED) is 0.464. The van der Waals surface area contributed by atoms with Crippen LogP contribution in [0.25, 0.3) is 6.08 Å². The summed E-state index contributed by atoms with van der Waals surface area (Å²) in [6, 6.07) is 4.55. The summed E-state index contributed by atoms with van der Waals surface area (Å²) in [5.41, 5.74) is 0.611. The topological polar surface area (TPSA) is 128 Å². The second-order valence-electron chi connectivity index (χ2n) is 5.08. The van der Waals surface area contributed by atoms with Crippen molar-refractivity contribution in [2.24, 2.45) is 0 Å². The van der Waals surface area contributed by atoms with Crippen molar-refractivity contribution in [3.8, 4) is 11.5 Å². The molecule has 126 valence electrons. The van der Waals surface area contributed by atoms with Crippen LogP contribution in [0.15, 0.2) is 24.3 Å². The van der Waals surface area contributed by atoms with E-state index in [1.165, 1.54) is 25.3 Å². The summed E-state index contributed by atoms with van der Waals surface area (Å²) < 4.78 is 9.93. The van der Waals surface area contributed by atoms with Gasteiger partial charge in [0.2, 0.25) is 5.91 Å². The average molecular weight is 325 g/mol. The number of aliphatic hydroxyl groups is 3. The summed E-state index contributed by atoms with van der Waals surface area (Å²) in [7, 11) is 1.41. The fourth-order valence-electron chi connectivity index (χ4n) is 2.13. The Hall–Kier alpha value is -2.13. The summed E-state index contributed by atoms with van der Waals surface area (Å²) >= 11 is 0. The first-order valence-corrected chi connectivity index (χ1v) is 6.96. The van der Waals surface area contributed by atoms with Gasteiger partial charge in [0.25, 0.3) is 0 Å². The number of carbonyl (C=O) groups is 1. The van der Waals surface area contributed by atoms with Crippen molar-refractivity contribution in [3.63, 3.8) is 0 Å². The first-order chi connectivity index (χ1) is 10.9. The van der Waals surface area contributed by atoms with Crippen LogP contribution in [0.1, 0.15) is 12.0 Å². The largest absolute Gasteiger partial charge is 0.504 e. The Kier molecular flexibility index (Phi) is 5.56. The molecule has 1 aromatic carbocycles. The molecule has 1 fully saturated rings. The van der Waals surface area contributed by atoms with E-state index < -0.39 is 30.6 Å². The van der Waals surface area contributed by atoms with Gasteiger partial charge in [0.15, 0.2) is 24.0 Å². The smallest absolute Gasteiger partial charge is 0.246 e. The molecule has 0 saturated carbocycles. The molecule has 1 aliphatic rings. The van der Waals surface area contributed by atoms with E-state index in [1.807, 2.05) is 0 Å². The standard InChI is InChI=1S/C15H19NO7/c1-22-11-6-8(2-4-9(11)17)3-5-12(19)16-15-14(21)10(18)7-13(20)23-15/h2-6,10,13-15,17-18,20-21H,7H2,1H3,(H,16,19)/b5-3+. The lowest BCUT2D eigenvalue weighted by Gasteiger charge is -2.34. The maximum Gasteiger partial charge on any atom is 0.246 e. The van der Waals surface area contributed by atoms with Crippen LogP contribution in [0.2, 0.25) is 0 Å². The summed E-state index contributed by atoms with van der Waals surface area (Å²) in [5.74, 6) is -0.331. The zero-order valence-electron chi connectivity index (χ0n) is 12.4. The lowest BCUT2D eigenvalue weighted by Crippen LogP contribution is -2.55. The van der Waals surface area contributed by atoms with Crippen molar-refractivity contribution >= 4 is 12.0 Å². The molecule has 5 N–H and O–H groups in total. The lowest BCUT2D eigenvalue weighted by atomic mass is 10.1. The number of nitrogens with one attached hydrogen (secondary N) is 1. The van der Waals surface area contributed by atoms with Gasteiger partial charge in [-0.1, -0.05) is 6.07 Å². The number of hydrogen-bond donors (Lipinski definition) is 5. The third-order valence-electron chi connectivity index (χ3n) is 3.37. The zero-order chi connectivity index (χ0) is 17.0. The Bertz CT molecular complexity index is 589. The van der Waals surface area contributed by atoms with Crippen LogP contribution < -0.4 is 10.1 Å². The number of phenols is 1. The molecule has 0 radical (unpaired) electrons. The monoisotopic (exact) mass is 325 g/mol. The van der Waals surface area contributed by atoms with Crippen LogP contribution in [-0.4, -0.2) is 58.2 Å².